The molecule has 0 saturated heterocycles. The van der Waals surface area contributed by atoms with E-state index in [1.807, 2.05) is 0 Å². The van der Waals surface area contributed by atoms with Crippen LogP contribution in [0, 0.1) is 5.82 Å². The van der Waals surface area contributed by atoms with Gasteiger partial charge in [0.2, 0.25) is 0 Å². The third-order valence-electron chi connectivity index (χ3n) is 2.35. The Morgan fingerprint density at radius 2 is 1.88 bits per heavy atom. The lowest BCUT2D eigenvalue weighted by atomic mass is 9.98. The standard InChI is InChI=1S/C13H10FNO/c1-9(16)12-3-2-11(14)8-13(12)10-4-6-15-7-5-10/h2-8H,1H3. The topological polar surface area (TPSA) is 30.0 Å². The Morgan fingerprint density at radius 1 is 1.19 bits per heavy atom. The molecule has 0 unspecified atom stereocenters. The summed E-state index contributed by atoms with van der Waals surface area (Å²) in [6, 6.07) is 7.67. The average Bonchev–Trinajstić information content (AvgIpc) is 2.29. The van der Waals surface area contributed by atoms with Crippen LogP contribution >= 0.6 is 0 Å². The van der Waals surface area contributed by atoms with Gasteiger partial charge in [-0.15, -0.1) is 0 Å². The second-order valence-corrected chi connectivity index (χ2v) is 3.48. The van der Waals surface area contributed by atoms with E-state index in [0.717, 1.165) is 5.56 Å². The highest BCUT2D eigenvalue weighted by atomic mass is 19.1. The van der Waals surface area contributed by atoms with Crippen molar-refractivity contribution in [2.24, 2.45) is 0 Å². The lowest BCUT2D eigenvalue weighted by Gasteiger charge is -2.06. The van der Waals surface area contributed by atoms with E-state index < -0.39 is 0 Å². The molecule has 0 saturated carbocycles. The van der Waals surface area contributed by atoms with E-state index in [1.54, 1.807) is 24.5 Å². The lowest BCUT2D eigenvalue weighted by Crippen LogP contribution is -1.96. The summed E-state index contributed by atoms with van der Waals surface area (Å²) >= 11 is 0. The molecule has 1 heterocycles. The van der Waals surface area contributed by atoms with Crippen molar-refractivity contribution in [3.8, 4) is 11.1 Å². The van der Waals surface area contributed by atoms with Crippen LogP contribution in [0.3, 0.4) is 0 Å². The van der Waals surface area contributed by atoms with Crippen molar-refractivity contribution in [1.82, 2.24) is 4.98 Å². The minimum atomic E-state index is -0.350. The van der Waals surface area contributed by atoms with Crippen molar-refractivity contribution in [3.05, 3.63) is 54.1 Å². The number of Topliss-reactive ketones (excluding diaryl/α,β-unsaturated/α-hetero) is 1. The largest absolute Gasteiger partial charge is 0.294 e. The smallest absolute Gasteiger partial charge is 0.160 e. The number of nitrogens with zero attached hydrogens (tertiary/aromatic N) is 1. The second-order valence-electron chi connectivity index (χ2n) is 3.48. The SMILES string of the molecule is CC(=O)c1ccc(F)cc1-c1ccncc1. The first-order valence-electron chi connectivity index (χ1n) is 4.89. The van der Waals surface area contributed by atoms with Crippen LogP contribution in [0.25, 0.3) is 11.1 Å². The number of halogens is 1. The first-order valence-corrected chi connectivity index (χ1v) is 4.89. The molecule has 2 aromatic rings. The zero-order valence-electron chi connectivity index (χ0n) is 8.77. The first-order chi connectivity index (χ1) is 7.68. The Kier molecular flexibility index (Phi) is 2.77. The molecule has 2 rings (SSSR count). The van der Waals surface area contributed by atoms with Gasteiger partial charge < -0.3 is 0 Å². The van der Waals surface area contributed by atoms with Crippen molar-refractivity contribution < 1.29 is 9.18 Å². The average molecular weight is 215 g/mol. The number of ketones is 1. The summed E-state index contributed by atoms with van der Waals surface area (Å²) in [5.74, 6) is -0.427. The molecule has 0 amide bonds. The fourth-order valence-corrected chi connectivity index (χ4v) is 1.59. The maximum atomic E-state index is 13.2. The van der Waals surface area contributed by atoms with Crippen LogP contribution in [0.15, 0.2) is 42.7 Å². The number of hydrogen-bond donors (Lipinski definition) is 0. The Labute approximate surface area is 92.8 Å². The molecule has 1 aromatic carbocycles. The summed E-state index contributed by atoms with van der Waals surface area (Å²) < 4.78 is 13.2. The summed E-state index contributed by atoms with van der Waals surface area (Å²) in [6.07, 6.45) is 3.23. The molecule has 16 heavy (non-hydrogen) atoms. The van der Waals surface area contributed by atoms with Gasteiger partial charge in [-0.3, -0.25) is 9.78 Å². The van der Waals surface area contributed by atoms with Gasteiger partial charge in [-0.25, -0.2) is 4.39 Å². The highest BCUT2D eigenvalue weighted by Crippen LogP contribution is 2.24. The van der Waals surface area contributed by atoms with Gasteiger partial charge in [0, 0.05) is 18.0 Å². The fraction of sp³-hybridized carbons (Fsp3) is 0.0769. The third-order valence-corrected chi connectivity index (χ3v) is 2.35. The molecule has 3 heteroatoms. The highest BCUT2D eigenvalue weighted by molar-refractivity contribution is 6.00. The molecule has 0 aliphatic carbocycles. The van der Waals surface area contributed by atoms with Gasteiger partial charge in [0.05, 0.1) is 0 Å². The van der Waals surface area contributed by atoms with Crippen molar-refractivity contribution in [1.29, 1.82) is 0 Å². The lowest BCUT2D eigenvalue weighted by molar-refractivity contribution is 0.101. The number of carbonyl (C=O) groups excluding carboxylic acids is 1. The highest BCUT2D eigenvalue weighted by Gasteiger charge is 2.09. The minimum absolute atomic E-state index is 0.0770. The summed E-state index contributed by atoms with van der Waals surface area (Å²) in [7, 11) is 0. The molecule has 0 bridgehead atoms. The molecule has 80 valence electrons. The van der Waals surface area contributed by atoms with Crippen LogP contribution < -0.4 is 0 Å². The van der Waals surface area contributed by atoms with Crippen LogP contribution in [0.5, 0.6) is 0 Å². The molecule has 0 aliphatic heterocycles. The minimum Gasteiger partial charge on any atom is -0.294 e. The number of aromatic nitrogens is 1. The van der Waals surface area contributed by atoms with Gasteiger partial charge in [0.25, 0.3) is 0 Å². The number of hydrogen-bond acceptors (Lipinski definition) is 2. The van der Waals surface area contributed by atoms with E-state index in [0.29, 0.717) is 11.1 Å². The Morgan fingerprint density at radius 3 is 2.50 bits per heavy atom. The summed E-state index contributed by atoms with van der Waals surface area (Å²) in [4.78, 5) is 15.3. The van der Waals surface area contributed by atoms with Crippen LogP contribution in [0.1, 0.15) is 17.3 Å². The number of rotatable bonds is 2. The zero-order chi connectivity index (χ0) is 11.5. The van der Waals surface area contributed by atoms with Gasteiger partial charge in [-0.05, 0) is 48.4 Å². The summed E-state index contributed by atoms with van der Waals surface area (Å²) in [6.45, 7) is 1.47. The number of benzene rings is 1. The molecule has 0 radical (unpaired) electrons. The van der Waals surface area contributed by atoms with Gasteiger partial charge in [0.15, 0.2) is 5.78 Å². The molecule has 0 fully saturated rings. The Bertz CT molecular complexity index is 523. The molecule has 0 N–H and O–H groups in total. The first kappa shape index (κ1) is 10.5. The van der Waals surface area contributed by atoms with Crippen molar-refractivity contribution >= 4 is 5.78 Å². The third kappa shape index (κ3) is 1.98. The van der Waals surface area contributed by atoms with E-state index >= 15 is 0 Å². The fourth-order valence-electron chi connectivity index (χ4n) is 1.59. The van der Waals surface area contributed by atoms with Crippen LogP contribution in [0.2, 0.25) is 0 Å². The van der Waals surface area contributed by atoms with Crippen LogP contribution in [-0.4, -0.2) is 10.8 Å². The molecule has 1 aromatic heterocycles. The van der Waals surface area contributed by atoms with E-state index in [9.17, 15) is 9.18 Å². The maximum Gasteiger partial charge on any atom is 0.160 e. The summed E-state index contributed by atoms with van der Waals surface area (Å²) in [5, 5.41) is 0. The van der Waals surface area contributed by atoms with Crippen molar-refractivity contribution in [2.45, 2.75) is 6.92 Å². The molecule has 0 spiro atoms. The zero-order valence-corrected chi connectivity index (χ0v) is 8.77. The second kappa shape index (κ2) is 4.23. The normalized spacial score (nSPS) is 10.1. The predicted octanol–water partition coefficient (Wildman–Crippen LogP) is 3.09. The van der Waals surface area contributed by atoms with Crippen LogP contribution in [0.4, 0.5) is 4.39 Å². The monoisotopic (exact) mass is 215 g/mol. The van der Waals surface area contributed by atoms with E-state index in [4.69, 9.17) is 0 Å². The maximum absolute atomic E-state index is 13.2. The van der Waals surface area contributed by atoms with Gasteiger partial charge in [-0.1, -0.05) is 0 Å². The van der Waals surface area contributed by atoms with Crippen molar-refractivity contribution in [3.63, 3.8) is 0 Å². The number of carbonyl (C=O) groups is 1. The van der Waals surface area contributed by atoms with Gasteiger partial charge in [-0.2, -0.15) is 0 Å². The summed E-state index contributed by atoms with van der Waals surface area (Å²) in [5.41, 5.74) is 1.92. The quantitative estimate of drug-likeness (QED) is 0.720. The molecule has 2 nitrogen and oxygen atoms in total. The van der Waals surface area contributed by atoms with Gasteiger partial charge in [0.1, 0.15) is 5.82 Å². The molecular weight excluding hydrogens is 205 g/mol. The molecule has 0 aliphatic rings. The van der Waals surface area contributed by atoms with Gasteiger partial charge >= 0.3 is 0 Å². The molecular formula is C13H10FNO. The number of pyridine rings is 1. The van der Waals surface area contributed by atoms with Crippen molar-refractivity contribution in [2.75, 3.05) is 0 Å². The van der Waals surface area contributed by atoms with E-state index in [-0.39, 0.29) is 11.6 Å². The predicted molar refractivity (Wildman–Crippen MR) is 59.6 cm³/mol. The Balaban J connectivity index is 2.63. The van der Waals surface area contributed by atoms with E-state index in [1.165, 1.54) is 25.1 Å². The Hall–Kier alpha value is -2.03. The van der Waals surface area contributed by atoms with E-state index in [2.05, 4.69) is 4.98 Å². The van der Waals surface area contributed by atoms with Crippen LogP contribution in [-0.2, 0) is 0 Å². The molecule has 0 atom stereocenters.